The lowest BCUT2D eigenvalue weighted by Crippen LogP contribution is -2.36. The number of aliphatic hydroxyl groups excluding tert-OH is 1. The average molecular weight is 262 g/mol. The fourth-order valence-corrected chi connectivity index (χ4v) is 2.75. The molecule has 2 rings (SSSR count). The molecule has 1 heterocycles. The molecule has 1 aromatic rings. The average Bonchev–Trinajstić information content (AvgIpc) is 2.39. The second kappa shape index (κ2) is 6.68. The standard InChI is InChI=1S/C15H22N2O2/c16-15(19)8-14-2-1-7-17(10-14)9-12-3-5-13(11-18)6-4-12/h3-6,14,18H,1-2,7-11H2,(H2,16,19). The summed E-state index contributed by atoms with van der Waals surface area (Å²) in [6.07, 6.45) is 2.73. The van der Waals surface area contributed by atoms with E-state index in [0.29, 0.717) is 12.3 Å². The van der Waals surface area contributed by atoms with Gasteiger partial charge in [-0.15, -0.1) is 0 Å². The van der Waals surface area contributed by atoms with Gasteiger partial charge in [-0.3, -0.25) is 9.69 Å². The van der Waals surface area contributed by atoms with Crippen molar-refractivity contribution in [3.63, 3.8) is 0 Å². The van der Waals surface area contributed by atoms with Crippen molar-refractivity contribution in [2.45, 2.75) is 32.4 Å². The summed E-state index contributed by atoms with van der Waals surface area (Å²) < 4.78 is 0. The topological polar surface area (TPSA) is 66.6 Å². The Hall–Kier alpha value is -1.39. The van der Waals surface area contributed by atoms with Crippen LogP contribution in [0.4, 0.5) is 0 Å². The van der Waals surface area contributed by atoms with E-state index >= 15 is 0 Å². The molecule has 1 aromatic carbocycles. The zero-order valence-corrected chi connectivity index (χ0v) is 11.2. The number of primary amides is 1. The molecule has 1 atom stereocenters. The van der Waals surface area contributed by atoms with Crippen molar-refractivity contribution < 1.29 is 9.90 Å². The van der Waals surface area contributed by atoms with E-state index in [9.17, 15) is 4.79 Å². The van der Waals surface area contributed by atoms with Crippen LogP contribution in [0.5, 0.6) is 0 Å². The summed E-state index contributed by atoms with van der Waals surface area (Å²) in [7, 11) is 0. The molecule has 1 amide bonds. The van der Waals surface area contributed by atoms with Crippen LogP contribution in [0.3, 0.4) is 0 Å². The van der Waals surface area contributed by atoms with E-state index in [2.05, 4.69) is 17.0 Å². The van der Waals surface area contributed by atoms with Gasteiger partial charge in [-0.05, 0) is 36.4 Å². The molecule has 0 aromatic heterocycles. The number of nitrogens with two attached hydrogens (primary N) is 1. The number of nitrogens with zero attached hydrogens (tertiary/aromatic N) is 1. The SMILES string of the molecule is NC(=O)CC1CCCN(Cc2ccc(CO)cc2)C1. The number of benzene rings is 1. The summed E-state index contributed by atoms with van der Waals surface area (Å²) in [6, 6.07) is 8.03. The third-order valence-electron chi connectivity index (χ3n) is 3.70. The van der Waals surface area contributed by atoms with Gasteiger partial charge in [0.2, 0.25) is 5.91 Å². The van der Waals surface area contributed by atoms with Crippen molar-refractivity contribution in [2.75, 3.05) is 13.1 Å². The summed E-state index contributed by atoms with van der Waals surface area (Å²) in [4.78, 5) is 13.4. The lowest BCUT2D eigenvalue weighted by Gasteiger charge is -2.32. The van der Waals surface area contributed by atoms with Crippen LogP contribution in [0.25, 0.3) is 0 Å². The van der Waals surface area contributed by atoms with Crippen LogP contribution in [0.2, 0.25) is 0 Å². The highest BCUT2D eigenvalue weighted by atomic mass is 16.3. The first-order valence-corrected chi connectivity index (χ1v) is 6.86. The van der Waals surface area contributed by atoms with Gasteiger partial charge in [0, 0.05) is 19.5 Å². The molecular formula is C15H22N2O2. The Kier molecular flexibility index (Phi) is 4.93. The highest BCUT2D eigenvalue weighted by molar-refractivity contribution is 5.74. The highest BCUT2D eigenvalue weighted by Crippen LogP contribution is 2.21. The fourth-order valence-electron chi connectivity index (χ4n) is 2.75. The van der Waals surface area contributed by atoms with E-state index in [-0.39, 0.29) is 12.5 Å². The molecule has 1 aliphatic heterocycles. The predicted molar refractivity (Wildman–Crippen MR) is 74.2 cm³/mol. The molecule has 104 valence electrons. The summed E-state index contributed by atoms with van der Waals surface area (Å²) in [6.45, 7) is 3.02. The number of amides is 1. The van der Waals surface area contributed by atoms with E-state index in [1.54, 1.807) is 0 Å². The van der Waals surface area contributed by atoms with Crippen molar-refractivity contribution in [1.82, 2.24) is 4.90 Å². The zero-order valence-electron chi connectivity index (χ0n) is 11.2. The minimum Gasteiger partial charge on any atom is -0.392 e. The van der Waals surface area contributed by atoms with Crippen molar-refractivity contribution in [1.29, 1.82) is 0 Å². The van der Waals surface area contributed by atoms with Gasteiger partial charge < -0.3 is 10.8 Å². The summed E-state index contributed by atoms with van der Waals surface area (Å²) in [5.41, 5.74) is 7.46. The van der Waals surface area contributed by atoms with Crippen LogP contribution < -0.4 is 5.73 Å². The lowest BCUT2D eigenvalue weighted by molar-refractivity contribution is -0.119. The highest BCUT2D eigenvalue weighted by Gasteiger charge is 2.21. The van der Waals surface area contributed by atoms with Crippen molar-refractivity contribution >= 4 is 5.91 Å². The zero-order chi connectivity index (χ0) is 13.7. The maximum Gasteiger partial charge on any atom is 0.217 e. The monoisotopic (exact) mass is 262 g/mol. The Labute approximate surface area is 114 Å². The molecule has 4 nitrogen and oxygen atoms in total. The fraction of sp³-hybridized carbons (Fsp3) is 0.533. The molecule has 0 radical (unpaired) electrons. The molecule has 0 aliphatic carbocycles. The number of likely N-dealkylation sites (tertiary alicyclic amines) is 1. The van der Waals surface area contributed by atoms with Crippen LogP contribution in [0.15, 0.2) is 24.3 Å². The molecule has 1 saturated heterocycles. The van der Waals surface area contributed by atoms with E-state index in [0.717, 1.165) is 38.0 Å². The van der Waals surface area contributed by atoms with Gasteiger partial charge in [-0.25, -0.2) is 0 Å². The summed E-state index contributed by atoms with van der Waals surface area (Å²) >= 11 is 0. The molecule has 1 fully saturated rings. The number of carbonyl (C=O) groups is 1. The second-order valence-electron chi connectivity index (χ2n) is 5.39. The normalized spacial score (nSPS) is 20.4. The Morgan fingerprint density at radius 3 is 2.63 bits per heavy atom. The van der Waals surface area contributed by atoms with Crippen LogP contribution in [-0.2, 0) is 17.9 Å². The first-order valence-electron chi connectivity index (χ1n) is 6.86. The molecule has 0 bridgehead atoms. The summed E-state index contributed by atoms with van der Waals surface area (Å²) in [5, 5.41) is 9.01. The Bertz CT molecular complexity index is 417. The number of aliphatic hydroxyl groups is 1. The molecule has 0 saturated carbocycles. The molecule has 3 N–H and O–H groups in total. The molecule has 1 unspecified atom stereocenters. The van der Waals surface area contributed by atoms with Gasteiger partial charge in [0.25, 0.3) is 0 Å². The van der Waals surface area contributed by atoms with Crippen molar-refractivity contribution in [2.24, 2.45) is 11.7 Å². The summed E-state index contributed by atoms with van der Waals surface area (Å²) in [5.74, 6) is 0.210. The number of piperidine rings is 1. The molecule has 19 heavy (non-hydrogen) atoms. The van der Waals surface area contributed by atoms with Gasteiger partial charge >= 0.3 is 0 Å². The number of hydrogen-bond donors (Lipinski definition) is 2. The van der Waals surface area contributed by atoms with Crippen molar-refractivity contribution in [3.8, 4) is 0 Å². The minimum atomic E-state index is -0.195. The maximum atomic E-state index is 11.0. The van der Waals surface area contributed by atoms with Gasteiger partial charge in [0.1, 0.15) is 0 Å². The molecular weight excluding hydrogens is 240 g/mol. The van der Waals surface area contributed by atoms with Gasteiger partial charge in [-0.1, -0.05) is 24.3 Å². The third-order valence-corrected chi connectivity index (χ3v) is 3.70. The minimum absolute atomic E-state index is 0.0880. The Morgan fingerprint density at radius 1 is 1.32 bits per heavy atom. The Morgan fingerprint density at radius 2 is 2.00 bits per heavy atom. The van der Waals surface area contributed by atoms with E-state index < -0.39 is 0 Å². The third kappa shape index (κ3) is 4.33. The lowest BCUT2D eigenvalue weighted by atomic mass is 9.94. The van der Waals surface area contributed by atoms with Gasteiger partial charge in [0.05, 0.1) is 6.61 Å². The molecule has 1 aliphatic rings. The molecule has 4 heteroatoms. The molecule has 0 spiro atoms. The first kappa shape index (κ1) is 14.0. The van der Waals surface area contributed by atoms with Crippen LogP contribution >= 0.6 is 0 Å². The van der Waals surface area contributed by atoms with Crippen LogP contribution in [0, 0.1) is 5.92 Å². The quantitative estimate of drug-likeness (QED) is 0.839. The van der Waals surface area contributed by atoms with Gasteiger partial charge in [0.15, 0.2) is 0 Å². The Balaban J connectivity index is 1.88. The number of carbonyl (C=O) groups excluding carboxylic acids is 1. The van der Waals surface area contributed by atoms with Crippen molar-refractivity contribution in [3.05, 3.63) is 35.4 Å². The number of rotatable bonds is 5. The largest absolute Gasteiger partial charge is 0.392 e. The van der Waals surface area contributed by atoms with Crippen LogP contribution in [-0.4, -0.2) is 29.0 Å². The number of hydrogen-bond acceptors (Lipinski definition) is 3. The maximum absolute atomic E-state index is 11.0. The van der Waals surface area contributed by atoms with E-state index in [4.69, 9.17) is 10.8 Å². The van der Waals surface area contributed by atoms with Gasteiger partial charge in [-0.2, -0.15) is 0 Å². The van der Waals surface area contributed by atoms with Crippen LogP contribution in [0.1, 0.15) is 30.4 Å². The van der Waals surface area contributed by atoms with E-state index in [1.165, 1.54) is 5.56 Å². The predicted octanol–water partition coefficient (Wildman–Crippen LogP) is 1.27. The first-order chi connectivity index (χ1) is 9.17. The smallest absolute Gasteiger partial charge is 0.217 e. The van der Waals surface area contributed by atoms with E-state index in [1.807, 2.05) is 12.1 Å². The second-order valence-corrected chi connectivity index (χ2v) is 5.39.